The van der Waals surface area contributed by atoms with Gasteiger partial charge in [0.15, 0.2) is 0 Å². The average molecular weight is 328 g/mol. The molecule has 2 unspecified atom stereocenters. The maximum atomic E-state index is 12.7. The highest BCUT2D eigenvalue weighted by atomic mass is 16.5. The molecular formula is C20H28N2O2. The number of fused-ring (bicyclic) bond motifs is 1. The van der Waals surface area contributed by atoms with Crippen LogP contribution in [-0.2, 0) is 9.53 Å². The Morgan fingerprint density at radius 3 is 2.75 bits per heavy atom. The zero-order valence-corrected chi connectivity index (χ0v) is 14.6. The van der Waals surface area contributed by atoms with Crippen molar-refractivity contribution in [3.05, 3.63) is 23.3 Å². The lowest BCUT2D eigenvalue weighted by Crippen LogP contribution is -2.27. The molecule has 0 aromatic carbocycles. The van der Waals surface area contributed by atoms with Crippen LogP contribution in [0.25, 0.3) is 0 Å². The summed E-state index contributed by atoms with van der Waals surface area (Å²) >= 11 is 0. The fourth-order valence-corrected chi connectivity index (χ4v) is 4.50. The van der Waals surface area contributed by atoms with Crippen LogP contribution in [0.5, 0.6) is 0 Å². The molecule has 4 aliphatic rings. The van der Waals surface area contributed by atoms with Crippen LogP contribution in [0.15, 0.2) is 28.3 Å². The molecule has 2 aliphatic carbocycles. The molecule has 4 heteroatoms. The third-order valence-corrected chi connectivity index (χ3v) is 6.16. The second-order valence-electron chi connectivity index (χ2n) is 7.68. The van der Waals surface area contributed by atoms with Gasteiger partial charge in [-0.3, -0.25) is 9.79 Å². The van der Waals surface area contributed by atoms with Gasteiger partial charge < -0.3 is 9.64 Å². The Hall–Kier alpha value is -1.42. The average Bonchev–Trinajstić information content (AvgIpc) is 3.42. The molecule has 0 aromatic heterocycles. The lowest BCUT2D eigenvalue weighted by molar-refractivity contribution is -0.122. The van der Waals surface area contributed by atoms with E-state index in [1.807, 2.05) is 11.1 Å². The highest BCUT2D eigenvalue weighted by Gasteiger charge is 2.45. The normalized spacial score (nSPS) is 36.4. The first-order valence-electron chi connectivity index (χ1n) is 9.51. The maximum absolute atomic E-state index is 12.7. The molecule has 0 spiro atoms. The van der Waals surface area contributed by atoms with Gasteiger partial charge in [0.2, 0.25) is 0 Å². The van der Waals surface area contributed by atoms with Crippen LogP contribution in [0.2, 0.25) is 0 Å². The third-order valence-electron chi connectivity index (χ3n) is 6.16. The molecule has 2 atom stereocenters. The molecule has 2 aliphatic heterocycles. The van der Waals surface area contributed by atoms with E-state index in [1.54, 1.807) is 7.11 Å². The summed E-state index contributed by atoms with van der Waals surface area (Å²) in [6, 6.07) is 0.837. The summed E-state index contributed by atoms with van der Waals surface area (Å²) in [4.78, 5) is 19.6. The molecular weight excluding hydrogens is 300 g/mol. The summed E-state index contributed by atoms with van der Waals surface area (Å²) in [5.74, 6) is 0.775. The molecule has 1 saturated carbocycles. The number of aliphatic imine (C=N–C) groups is 1. The molecule has 24 heavy (non-hydrogen) atoms. The molecule has 4 rings (SSSR count). The minimum atomic E-state index is 0.227. The first-order chi connectivity index (χ1) is 11.8. The van der Waals surface area contributed by atoms with Crippen molar-refractivity contribution in [2.45, 2.75) is 69.6 Å². The molecule has 0 bridgehead atoms. The molecule has 1 amide bonds. The number of rotatable bonds is 4. The smallest absolute Gasteiger partial charge is 0.255 e. The maximum Gasteiger partial charge on any atom is 0.255 e. The van der Waals surface area contributed by atoms with Gasteiger partial charge in [-0.05, 0) is 57.3 Å². The fraction of sp³-hybridized carbons (Fsp3) is 0.700. The number of ether oxygens (including phenoxy) is 1. The molecule has 0 radical (unpaired) electrons. The largest absolute Gasteiger partial charge is 0.381 e. The predicted octanol–water partition coefficient (Wildman–Crippen LogP) is 3.28. The number of carbonyl (C=O) groups excluding carboxylic acids is 1. The van der Waals surface area contributed by atoms with Crippen LogP contribution in [-0.4, -0.2) is 48.9 Å². The van der Waals surface area contributed by atoms with Crippen LogP contribution in [0.3, 0.4) is 0 Å². The highest BCUT2D eigenvalue weighted by Crippen LogP contribution is 2.40. The molecule has 0 N–H and O–H groups in total. The van der Waals surface area contributed by atoms with Gasteiger partial charge in [-0.15, -0.1) is 0 Å². The monoisotopic (exact) mass is 328 g/mol. The van der Waals surface area contributed by atoms with E-state index in [9.17, 15) is 4.79 Å². The first-order valence-corrected chi connectivity index (χ1v) is 9.51. The zero-order valence-electron chi connectivity index (χ0n) is 14.6. The van der Waals surface area contributed by atoms with E-state index < -0.39 is 0 Å². The molecule has 1 saturated heterocycles. The fourth-order valence-electron chi connectivity index (χ4n) is 4.50. The first kappa shape index (κ1) is 16.1. The van der Waals surface area contributed by atoms with E-state index in [0.29, 0.717) is 24.1 Å². The van der Waals surface area contributed by atoms with E-state index in [2.05, 4.69) is 12.2 Å². The van der Waals surface area contributed by atoms with Gasteiger partial charge in [0.1, 0.15) is 0 Å². The van der Waals surface area contributed by atoms with Gasteiger partial charge in [-0.25, -0.2) is 0 Å². The number of methoxy groups -OCH3 is 1. The van der Waals surface area contributed by atoms with E-state index in [0.717, 1.165) is 57.1 Å². The minimum Gasteiger partial charge on any atom is -0.381 e. The Morgan fingerprint density at radius 1 is 1.21 bits per heavy atom. The number of hydrogen-bond donors (Lipinski definition) is 0. The molecule has 2 heterocycles. The molecule has 0 aromatic rings. The number of amides is 1. The summed E-state index contributed by atoms with van der Waals surface area (Å²) in [5.41, 5.74) is 2.30. The number of carbonyl (C=O) groups is 1. The summed E-state index contributed by atoms with van der Waals surface area (Å²) in [6.07, 6.45) is 15.7. The lowest BCUT2D eigenvalue weighted by atomic mass is 9.81. The Kier molecular flexibility index (Phi) is 4.57. The second kappa shape index (κ2) is 6.83. The molecule has 130 valence electrons. The van der Waals surface area contributed by atoms with Crippen LogP contribution in [0.1, 0.15) is 51.4 Å². The quantitative estimate of drug-likeness (QED) is 0.451. The Balaban J connectivity index is 1.51. The van der Waals surface area contributed by atoms with Gasteiger partial charge >= 0.3 is 0 Å². The van der Waals surface area contributed by atoms with Crippen molar-refractivity contribution < 1.29 is 9.53 Å². The van der Waals surface area contributed by atoms with Gasteiger partial charge in [0.05, 0.1) is 23.8 Å². The zero-order chi connectivity index (χ0) is 16.5. The SMILES string of the molecule is COC1CCC(N=CC2=C(C3CC=CCC3)CC3CN3C2=O)CC1. The van der Waals surface area contributed by atoms with Crippen molar-refractivity contribution in [1.29, 1.82) is 0 Å². The van der Waals surface area contributed by atoms with Crippen molar-refractivity contribution in [2.24, 2.45) is 10.9 Å². The summed E-state index contributed by atoms with van der Waals surface area (Å²) < 4.78 is 5.44. The van der Waals surface area contributed by atoms with Crippen molar-refractivity contribution >= 4 is 12.1 Å². The lowest BCUT2D eigenvalue weighted by Gasteiger charge is -2.27. The number of hydrogen-bond acceptors (Lipinski definition) is 3. The summed E-state index contributed by atoms with van der Waals surface area (Å²) in [6.45, 7) is 0.946. The van der Waals surface area contributed by atoms with Crippen LogP contribution >= 0.6 is 0 Å². The van der Waals surface area contributed by atoms with Crippen LogP contribution in [0.4, 0.5) is 0 Å². The van der Waals surface area contributed by atoms with Crippen molar-refractivity contribution in [3.8, 4) is 0 Å². The van der Waals surface area contributed by atoms with Crippen molar-refractivity contribution in [1.82, 2.24) is 4.90 Å². The topological polar surface area (TPSA) is 41.7 Å². The number of allylic oxidation sites excluding steroid dienone is 2. The summed E-state index contributed by atoms with van der Waals surface area (Å²) in [7, 11) is 1.80. The number of nitrogens with zero attached hydrogens (tertiary/aromatic N) is 2. The Morgan fingerprint density at radius 2 is 2.04 bits per heavy atom. The third kappa shape index (κ3) is 3.21. The van der Waals surface area contributed by atoms with Crippen LogP contribution in [0, 0.1) is 5.92 Å². The van der Waals surface area contributed by atoms with E-state index in [4.69, 9.17) is 9.73 Å². The molecule has 2 fully saturated rings. The van der Waals surface area contributed by atoms with Crippen LogP contribution < -0.4 is 0 Å². The minimum absolute atomic E-state index is 0.227. The van der Waals surface area contributed by atoms with Crippen molar-refractivity contribution in [3.63, 3.8) is 0 Å². The van der Waals surface area contributed by atoms with Gasteiger partial charge in [0.25, 0.3) is 5.91 Å². The van der Waals surface area contributed by atoms with Gasteiger partial charge in [-0.2, -0.15) is 0 Å². The van der Waals surface area contributed by atoms with Gasteiger partial charge in [-0.1, -0.05) is 17.7 Å². The van der Waals surface area contributed by atoms with Crippen molar-refractivity contribution in [2.75, 3.05) is 13.7 Å². The summed E-state index contributed by atoms with van der Waals surface area (Å²) in [5, 5.41) is 0. The molecule has 4 nitrogen and oxygen atoms in total. The van der Waals surface area contributed by atoms with E-state index in [1.165, 1.54) is 12.0 Å². The Bertz CT molecular complexity index is 584. The second-order valence-corrected chi connectivity index (χ2v) is 7.68. The standard InChI is InChI=1S/C20H28N2O2/c1-24-17-9-7-15(8-10-17)21-12-19-18(14-5-3-2-4-6-14)11-16-13-22(16)20(19)23/h2-3,12,14-17H,4-11,13H2,1H3. The van der Waals surface area contributed by atoms with E-state index >= 15 is 0 Å². The van der Waals surface area contributed by atoms with E-state index in [-0.39, 0.29) is 5.91 Å². The highest BCUT2D eigenvalue weighted by molar-refractivity contribution is 6.14. The Labute approximate surface area is 144 Å². The predicted molar refractivity (Wildman–Crippen MR) is 95.2 cm³/mol. The van der Waals surface area contributed by atoms with Gasteiger partial charge in [0, 0.05) is 19.9 Å².